The summed E-state index contributed by atoms with van der Waals surface area (Å²) in [6, 6.07) is 19.3. The molecular formula is C23H15N3O4. The topological polar surface area (TPSA) is 116 Å². The summed E-state index contributed by atoms with van der Waals surface area (Å²) in [6.45, 7) is 2.00. The molecule has 0 atom stereocenters. The predicted octanol–water partition coefficient (Wildman–Crippen LogP) is 4.63. The van der Waals surface area contributed by atoms with E-state index in [0.29, 0.717) is 11.0 Å². The van der Waals surface area contributed by atoms with Gasteiger partial charge in [-0.1, -0.05) is 41.1 Å². The summed E-state index contributed by atoms with van der Waals surface area (Å²) >= 11 is 0. The third-order valence-electron chi connectivity index (χ3n) is 4.70. The fourth-order valence-corrected chi connectivity index (χ4v) is 3.11. The molecule has 0 aliphatic heterocycles. The first-order valence-electron chi connectivity index (χ1n) is 9.01. The summed E-state index contributed by atoms with van der Waals surface area (Å²) in [4.78, 5) is 24.3. The number of aromatic carboxylic acids is 1. The van der Waals surface area contributed by atoms with Crippen molar-refractivity contribution in [3.63, 3.8) is 0 Å². The number of carboxylic acid groups (broad SMARTS) is 1. The van der Waals surface area contributed by atoms with Crippen molar-refractivity contribution in [3.05, 3.63) is 83.0 Å². The molecule has 0 aliphatic rings. The van der Waals surface area contributed by atoms with Gasteiger partial charge in [0, 0.05) is 0 Å². The Balaban J connectivity index is 1.71. The second kappa shape index (κ2) is 7.53. The van der Waals surface area contributed by atoms with Gasteiger partial charge in [-0.2, -0.15) is 5.26 Å². The smallest absolute Gasteiger partial charge is 0.337 e. The molecule has 0 saturated heterocycles. The van der Waals surface area contributed by atoms with Crippen molar-refractivity contribution in [2.24, 2.45) is 0 Å². The number of fused-ring (bicyclic) bond motifs is 1. The number of nitrogens with one attached hydrogen (secondary N) is 1. The Morgan fingerprint density at radius 1 is 1.03 bits per heavy atom. The highest BCUT2D eigenvalue weighted by Crippen LogP contribution is 2.28. The predicted molar refractivity (Wildman–Crippen MR) is 110 cm³/mol. The van der Waals surface area contributed by atoms with E-state index in [1.807, 2.05) is 49.4 Å². The van der Waals surface area contributed by atoms with Gasteiger partial charge in [-0.15, -0.1) is 0 Å². The Morgan fingerprint density at radius 3 is 2.47 bits per heavy atom. The number of aryl methyl sites for hydroxylation is 1. The average Bonchev–Trinajstić information content (AvgIpc) is 3.17. The largest absolute Gasteiger partial charge is 0.478 e. The third kappa shape index (κ3) is 3.50. The molecule has 0 spiro atoms. The van der Waals surface area contributed by atoms with Gasteiger partial charge in [0.25, 0.3) is 5.91 Å². The summed E-state index contributed by atoms with van der Waals surface area (Å²) in [5.41, 5.74) is 3.56. The van der Waals surface area contributed by atoms with Gasteiger partial charge in [0.15, 0.2) is 11.3 Å². The van der Waals surface area contributed by atoms with Gasteiger partial charge >= 0.3 is 5.97 Å². The van der Waals surface area contributed by atoms with Crippen LogP contribution in [0.3, 0.4) is 0 Å². The molecule has 2 N–H and O–H groups in total. The number of hydrogen-bond donors (Lipinski definition) is 2. The number of rotatable bonds is 4. The minimum absolute atomic E-state index is 0.0414. The lowest BCUT2D eigenvalue weighted by Gasteiger charge is -2.08. The van der Waals surface area contributed by atoms with Gasteiger partial charge in [0.1, 0.15) is 0 Å². The normalized spacial score (nSPS) is 10.5. The molecule has 0 unspecified atom stereocenters. The van der Waals surface area contributed by atoms with Crippen LogP contribution in [0.2, 0.25) is 0 Å². The molecule has 30 heavy (non-hydrogen) atoms. The van der Waals surface area contributed by atoms with Crippen molar-refractivity contribution in [1.82, 2.24) is 5.16 Å². The highest BCUT2D eigenvalue weighted by atomic mass is 16.5. The number of carbonyl (C=O) groups is 2. The Morgan fingerprint density at radius 2 is 1.77 bits per heavy atom. The summed E-state index contributed by atoms with van der Waals surface area (Å²) in [7, 11) is 0. The Labute approximate surface area is 171 Å². The lowest BCUT2D eigenvalue weighted by molar-refractivity contribution is 0.0698. The third-order valence-corrected chi connectivity index (χ3v) is 4.70. The van der Waals surface area contributed by atoms with E-state index in [1.54, 1.807) is 6.07 Å². The molecule has 0 bridgehead atoms. The molecular weight excluding hydrogens is 382 g/mol. The van der Waals surface area contributed by atoms with Crippen LogP contribution in [0.25, 0.3) is 22.1 Å². The lowest BCUT2D eigenvalue weighted by Crippen LogP contribution is -2.15. The summed E-state index contributed by atoms with van der Waals surface area (Å²) in [5, 5.41) is 25.3. The zero-order chi connectivity index (χ0) is 21.3. The monoisotopic (exact) mass is 397 g/mol. The molecule has 146 valence electrons. The van der Waals surface area contributed by atoms with Crippen molar-refractivity contribution >= 4 is 28.5 Å². The average molecular weight is 397 g/mol. The van der Waals surface area contributed by atoms with Crippen molar-refractivity contribution < 1.29 is 19.2 Å². The number of aromatic nitrogens is 1. The van der Waals surface area contributed by atoms with E-state index in [1.165, 1.54) is 18.2 Å². The van der Waals surface area contributed by atoms with Crippen LogP contribution in [-0.2, 0) is 0 Å². The fourth-order valence-electron chi connectivity index (χ4n) is 3.11. The molecule has 7 nitrogen and oxygen atoms in total. The minimum atomic E-state index is -1.26. The van der Waals surface area contributed by atoms with Crippen molar-refractivity contribution in [2.75, 3.05) is 5.32 Å². The second-order valence-electron chi connectivity index (χ2n) is 6.74. The molecule has 3 aromatic carbocycles. The van der Waals surface area contributed by atoms with Crippen LogP contribution < -0.4 is 5.32 Å². The first-order chi connectivity index (χ1) is 14.5. The first kappa shape index (κ1) is 18.9. The van der Waals surface area contributed by atoms with Gasteiger partial charge in [-0.25, -0.2) is 4.79 Å². The highest BCUT2D eigenvalue weighted by molar-refractivity contribution is 6.13. The SMILES string of the molecule is Cc1ccc(-c2ccc3onc(C(=O)Nc4ccc(C#N)cc4C(=O)O)c3c2)cc1. The number of benzene rings is 3. The number of nitrogens with zero attached hydrogens (tertiary/aromatic N) is 2. The van der Waals surface area contributed by atoms with Gasteiger partial charge in [-0.05, 0) is 48.4 Å². The van der Waals surface area contributed by atoms with Gasteiger partial charge in [-0.3, -0.25) is 4.79 Å². The fraction of sp³-hybridized carbons (Fsp3) is 0.0435. The molecule has 1 aromatic heterocycles. The maximum Gasteiger partial charge on any atom is 0.337 e. The van der Waals surface area contributed by atoms with Crippen LogP contribution >= 0.6 is 0 Å². The van der Waals surface area contributed by atoms with E-state index in [-0.39, 0.29) is 22.5 Å². The summed E-state index contributed by atoms with van der Waals surface area (Å²) < 4.78 is 5.26. The molecule has 4 aromatic rings. The van der Waals surface area contributed by atoms with E-state index >= 15 is 0 Å². The van der Waals surface area contributed by atoms with Crippen molar-refractivity contribution in [3.8, 4) is 17.2 Å². The number of carboxylic acids is 1. The maximum absolute atomic E-state index is 12.8. The zero-order valence-electron chi connectivity index (χ0n) is 15.8. The molecule has 4 rings (SSSR count). The summed E-state index contributed by atoms with van der Waals surface area (Å²) in [6.07, 6.45) is 0. The number of anilines is 1. The maximum atomic E-state index is 12.8. The number of hydrogen-bond acceptors (Lipinski definition) is 5. The quantitative estimate of drug-likeness (QED) is 0.519. The first-order valence-corrected chi connectivity index (χ1v) is 9.01. The van der Waals surface area contributed by atoms with Crippen LogP contribution in [0.1, 0.15) is 32.0 Å². The van der Waals surface area contributed by atoms with Crippen LogP contribution in [0.4, 0.5) is 5.69 Å². The molecule has 0 radical (unpaired) electrons. The van der Waals surface area contributed by atoms with E-state index < -0.39 is 11.9 Å². The summed E-state index contributed by atoms with van der Waals surface area (Å²) in [5.74, 6) is -1.86. The molecule has 1 heterocycles. The Hall–Kier alpha value is -4.44. The highest BCUT2D eigenvalue weighted by Gasteiger charge is 2.20. The van der Waals surface area contributed by atoms with E-state index in [9.17, 15) is 14.7 Å². The number of carbonyl (C=O) groups excluding carboxylic acids is 1. The number of nitriles is 1. The molecule has 0 fully saturated rings. The Bertz CT molecular complexity index is 1330. The minimum Gasteiger partial charge on any atom is -0.478 e. The van der Waals surface area contributed by atoms with E-state index in [0.717, 1.165) is 16.7 Å². The van der Waals surface area contributed by atoms with E-state index in [2.05, 4.69) is 10.5 Å². The second-order valence-corrected chi connectivity index (χ2v) is 6.74. The standard InChI is InChI=1S/C23H15N3O4/c1-13-2-5-15(6-3-13)16-7-9-20-18(11-16)21(26-30-20)22(27)25-19-8-4-14(12-24)10-17(19)23(28)29/h2-11H,1H3,(H,25,27)(H,28,29). The van der Waals surface area contributed by atoms with E-state index in [4.69, 9.17) is 9.78 Å². The molecule has 0 saturated carbocycles. The van der Waals surface area contributed by atoms with Gasteiger partial charge in [0.05, 0.1) is 28.3 Å². The lowest BCUT2D eigenvalue weighted by atomic mass is 10.0. The Kier molecular flexibility index (Phi) is 4.74. The zero-order valence-corrected chi connectivity index (χ0v) is 15.8. The molecule has 1 amide bonds. The van der Waals surface area contributed by atoms with Gasteiger partial charge < -0.3 is 14.9 Å². The van der Waals surface area contributed by atoms with Crippen molar-refractivity contribution in [1.29, 1.82) is 5.26 Å². The van der Waals surface area contributed by atoms with Crippen LogP contribution in [0.5, 0.6) is 0 Å². The molecule has 0 aliphatic carbocycles. The van der Waals surface area contributed by atoms with Crippen LogP contribution in [0, 0.1) is 18.3 Å². The molecule has 7 heteroatoms. The van der Waals surface area contributed by atoms with Crippen LogP contribution in [-0.4, -0.2) is 22.1 Å². The van der Waals surface area contributed by atoms with Crippen LogP contribution in [0.15, 0.2) is 65.2 Å². The van der Waals surface area contributed by atoms with Crippen molar-refractivity contribution in [2.45, 2.75) is 6.92 Å². The van der Waals surface area contributed by atoms with Gasteiger partial charge in [0.2, 0.25) is 0 Å². The number of amides is 1.